The van der Waals surface area contributed by atoms with Gasteiger partial charge in [0, 0.05) is 8.95 Å². The second-order valence-electron chi connectivity index (χ2n) is 3.80. The largest absolute Gasteiger partial charge is 0.278 e. The molecule has 0 aromatic heterocycles. The van der Waals surface area contributed by atoms with E-state index in [2.05, 4.69) is 36.6 Å². The van der Waals surface area contributed by atoms with E-state index in [0.717, 1.165) is 6.07 Å². The minimum absolute atomic E-state index is 0.170. The minimum Gasteiger partial charge on any atom is -0.278 e. The molecular formula is C12H7Br2ClFNO2S. The van der Waals surface area contributed by atoms with Crippen LogP contribution in [-0.2, 0) is 10.0 Å². The molecule has 0 amide bonds. The lowest BCUT2D eigenvalue weighted by Crippen LogP contribution is -2.14. The van der Waals surface area contributed by atoms with Gasteiger partial charge in [-0.3, -0.25) is 4.72 Å². The highest BCUT2D eigenvalue weighted by Gasteiger charge is 2.20. The molecule has 0 aliphatic heterocycles. The van der Waals surface area contributed by atoms with E-state index in [-0.39, 0.29) is 10.7 Å². The zero-order valence-corrected chi connectivity index (χ0v) is 14.4. The number of anilines is 1. The molecule has 0 radical (unpaired) electrons. The summed E-state index contributed by atoms with van der Waals surface area (Å²) in [4.78, 5) is -0.447. The fraction of sp³-hybridized carbons (Fsp3) is 0. The molecular weight excluding hydrogens is 436 g/mol. The molecule has 0 bridgehead atoms. The summed E-state index contributed by atoms with van der Waals surface area (Å²) in [7, 11) is -4.05. The number of halogens is 4. The smallest absolute Gasteiger partial charge is 0.264 e. The number of hydrogen-bond acceptors (Lipinski definition) is 2. The Labute approximate surface area is 137 Å². The summed E-state index contributed by atoms with van der Waals surface area (Å²) < 4.78 is 41.4. The Morgan fingerprint density at radius 1 is 1.05 bits per heavy atom. The fourth-order valence-electron chi connectivity index (χ4n) is 1.47. The zero-order chi connectivity index (χ0) is 14.9. The maximum atomic E-state index is 13.7. The van der Waals surface area contributed by atoms with E-state index in [1.807, 2.05) is 0 Å². The summed E-state index contributed by atoms with van der Waals surface area (Å²) in [5.41, 5.74) is 0.170. The minimum atomic E-state index is -4.05. The maximum absolute atomic E-state index is 13.7. The summed E-state index contributed by atoms with van der Waals surface area (Å²) >= 11 is 12.2. The molecule has 0 spiro atoms. The number of hydrogen-bond donors (Lipinski definition) is 1. The standard InChI is InChI=1S/C12H7Br2ClFNO2S/c13-7-2-4-12(10(16)5-7)20(18,19)17-11-6-8(14)1-3-9(11)15/h1-6,17H. The van der Waals surface area contributed by atoms with Gasteiger partial charge in [-0.1, -0.05) is 43.5 Å². The van der Waals surface area contributed by atoms with Gasteiger partial charge in [-0.25, -0.2) is 12.8 Å². The molecule has 0 saturated carbocycles. The van der Waals surface area contributed by atoms with Crippen LogP contribution < -0.4 is 4.72 Å². The van der Waals surface area contributed by atoms with Crippen molar-refractivity contribution in [3.63, 3.8) is 0 Å². The van der Waals surface area contributed by atoms with Crippen molar-refractivity contribution < 1.29 is 12.8 Å². The summed E-state index contributed by atoms with van der Waals surface area (Å²) in [6.45, 7) is 0. The molecule has 0 heterocycles. The summed E-state index contributed by atoms with van der Waals surface area (Å²) in [5, 5.41) is 0.217. The van der Waals surface area contributed by atoms with Crippen LogP contribution in [0.15, 0.2) is 50.2 Å². The molecule has 0 aliphatic carbocycles. The van der Waals surface area contributed by atoms with Crippen molar-refractivity contribution in [2.75, 3.05) is 4.72 Å². The van der Waals surface area contributed by atoms with Crippen LogP contribution in [0.1, 0.15) is 0 Å². The molecule has 0 fully saturated rings. The molecule has 0 atom stereocenters. The van der Waals surface area contributed by atoms with Crippen molar-refractivity contribution in [3.05, 3.63) is 56.2 Å². The van der Waals surface area contributed by atoms with E-state index in [4.69, 9.17) is 11.6 Å². The Bertz CT molecular complexity index is 768. The van der Waals surface area contributed by atoms with Gasteiger partial charge in [0.05, 0.1) is 10.7 Å². The van der Waals surface area contributed by atoms with E-state index >= 15 is 0 Å². The van der Waals surface area contributed by atoms with Crippen LogP contribution in [0.25, 0.3) is 0 Å². The number of nitrogens with one attached hydrogen (secondary N) is 1. The molecule has 0 unspecified atom stereocenters. The van der Waals surface area contributed by atoms with Gasteiger partial charge in [0.15, 0.2) is 0 Å². The first-order valence-electron chi connectivity index (χ1n) is 5.22. The lowest BCUT2D eigenvalue weighted by atomic mass is 10.3. The quantitative estimate of drug-likeness (QED) is 0.741. The zero-order valence-electron chi connectivity index (χ0n) is 9.70. The lowest BCUT2D eigenvalue weighted by molar-refractivity contribution is 0.570. The maximum Gasteiger partial charge on any atom is 0.264 e. The van der Waals surface area contributed by atoms with Gasteiger partial charge >= 0.3 is 0 Å². The average Bonchev–Trinajstić information content (AvgIpc) is 2.33. The second-order valence-corrected chi connectivity index (χ2v) is 7.69. The van der Waals surface area contributed by atoms with Crippen molar-refractivity contribution in [3.8, 4) is 0 Å². The van der Waals surface area contributed by atoms with Gasteiger partial charge in [-0.05, 0) is 36.4 Å². The molecule has 3 nitrogen and oxygen atoms in total. The highest BCUT2D eigenvalue weighted by Crippen LogP contribution is 2.29. The van der Waals surface area contributed by atoms with Gasteiger partial charge < -0.3 is 0 Å². The number of sulfonamides is 1. The van der Waals surface area contributed by atoms with Crippen molar-refractivity contribution in [2.45, 2.75) is 4.90 Å². The normalized spacial score (nSPS) is 11.4. The molecule has 2 aromatic rings. The molecule has 20 heavy (non-hydrogen) atoms. The van der Waals surface area contributed by atoms with Gasteiger partial charge in [0.1, 0.15) is 10.7 Å². The predicted molar refractivity (Wildman–Crippen MR) is 84.1 cm³/mol. The highest BCUT2D eigenvalue weighted by molar-refractivity contribution is 9.10. The van der Waals surface area contributed by atoms with Crippen LogP contribution in [0, 0.1) is 5.82 Å². The van der Waals surface area contributed by atoms with Crippen molar-refractivity contribution in [2.24, 2.45) is 0 Å². The summed E-state index contributed by atoms with van der Waals surface area (Å²) in [6, 6.07) is 8.39. The van der Waals surface area contributed by atoms with Gasteiger partial charge in [-0.2, -0.15) is 0 Å². The van der Waals surface area contributed by atoms with E-state index in [9.17, 15) is 12.8 Å². The first-order chi connectivity index (χ1) is 9.29. The van der Waals surface area contributed by atoms with Crippen molar-refractivity contribution in [1.29, 1.82) is 0 Å². The van der Waals surface area contributed by atoms with Crippen molar-refractivity contribution in [1.82, 2.24) is 0 Å². The van der Waals surface area contributed by atoms with Gasteiger partial charge in [0.25, 0.3) is 10.0 Å². The molecule has 8 heteroatoms. The third kappa shape index (κ3) is 3.52. The Balaban J connectivity index is 2.43. The van der Waals surface area contributed by atoms with E-state index in [1.165, 1.54) is 24.3 Å². The first-order valence-corrected chi connectivity index (χ1v) is 8.67. The average molecular weight is 444 g/mol. The molecule has 0 saturated heterocycles. The summed E-state index contributed by atoms with van der Waals surface area (Å²) in [5.74, 6) is -0.849. The van der Waals surface area contributed by atoms with Crippen LogP contribution in [0.4, 0.5) is 10.1 Å². The first kappa shape index (κ1) is 15.8. The molecule has 2 aromatic carbocycles. The predicted octanol–water partition coefficient (Wildman–Crippen LogP) is 4.80. The topological polar surface area (TPSA) is 46.2 Å². The van der Waals surface area contributed by atoms with Gasteiger partial charge in [0.2, 0.25) is 0 Å². The van der Waals surface area contributed by atoms with Crippen LogP contribution in [0.2, 0.25) is 5.02 Å². The molecule has 106 valence electrons. The van der Waals surface area contributed by atoms with Crippen molar-refractivity contribution >= 4 is 59.2 Å². The third-order valence-electron chi connectivity index (χ3n) is 2.36. The lowest BCUT2D eigenvalue weighted by Gasteiger charge is -2.10. The van der Waals surface area contributed by atoms with Crippen LogP contribution in [0.3, 0.4) is 0 Å². The Morgan fingerprint density at radius 2 is 1.65 bits per heavy atom. The van der Waals surface area contributed by atoms with E-state index in [1.54, 1.807) is 6.07 Å². The van der Waals surface area contributed by atoms with E-state index < -0.39 is 20.7 Å². The number of rotatable bonds is 3. The van der Waals surface area contributed by atoms with Crippen LogP contribution >= 0.6 is 43.5 Å². The Hall–Kier alpha value is -0.630. The highest BCUT2D eigenvalue weighted by atomic mass is 79.9. The monoisotopic (exact) mass is 441 g/mol. The fourth-order valence-corrected chi connectivity index (χ4v) is 3.51. The summed E-state index contributed by atoms with van der Waals surface area (Å²) in [6.07, 6.45) is 0. The van der Waals surface area contributed by atoms with E-state index in [0.29, 0.717) is 8.95 Å². The SMILES string of the molecule is O=S(=O)(Nc1cc(Br)ccc1Cl)c1ccc(Br)cc1F. The van der Waals surface area contributed by atoms with Crippen LogP contribution in [-0.4, -0.2) is 8.42 Å². The van der Waals surface area contributed by atoms with Gasteiger partial charge in [-0.15, -0.1) is 0 Å². The third-order valence-corrected chi connectivity index (χ3v) is 5.07. The Morgan fingerprint density at radius 3 is 2.30 bits per heavy atom. The molecule has 0 aliphatic rings. The Kier molecular flexibility index (Phi) is 4.73. The van der Waals surface area contributed by atoms with Crippen LogP contribution in [0.5, 0.6) is 0 Å². The molecule has 2 rings (SSSR count). The second kappa shape index (κ2) is 6.01. The number of benzene rings is 2. The molecule has 1 N–H and O–H groups in total.